The average Bonchev–Trinajstić information content (AvgIpc) is 2.51. The summed E-state index contributed by atoms with van der Waals surface area (Å²) >= 11 is 0. The average molecular weight is 181 g/mol. The van der Waals surface area contributed by atoms with Crippen LogP contribution in [0.15, 0.2) is 4.52 Å². The van der Waals surface area contributed by atoms with Crippen molar-refractivity contribution in [3.05, 3.63) is 11.3 Å². The van der Waals surface area contributed by atoms with Crippen LogP contribution in [0, 0.1) is 5.92 Å². The Kier molecular flexibility index (Phi) is 1.80. The van der Waals surface area contributed by atoms with Gasteiger partial charge in [-0.1, -0.05) is 19.0 Å². The van der Waals surface area contributed by atoms with Crippen molar-refractivity contribution >= 4 is 5.88 Å². The molecule has 0 aliphatic carbocycles. The van der Waals surface area contributed by atoms with Crippen molar-refractivity contribution in [1.82, 2.24) is 10.1 Å². The van der Waals surface area contributed by atoms with E-state index in [1.165, 1.54) is 0 Å². The summed E-state index contributed by atoms with van der Waals surface area (Å²) in [5.74, 6) is 1.01. The van der Waals surface area contributed by atoms with Crippen molar-refractivity contribution in [1.29, 1.82) is 0 Å². The number of aromatic nitrogens is 1. The van der Waals surface area contributed by atoms with E-state index in [1.54, 1.807) is 0 Å². The predicted molar refractivity (Wildman–Crippen MR) is 50.0 cm³/mol. The van der Waals surface area contributed by atoms with Crippen molar-refractivity contribution in [2.45, 2.75) is 26.4 Å². The molecule has 1 atom stereocenters. The molecule has 0 amide bonds. The van der Waals surface area contributed by atoms with E-state index in [-0.39, 0.29) is 0 Å². The van der Waals surface area contributed by atoms with Gasteiger partial charge in [0.25, 0.3) is 0 Å². The molecule has 1 aliphatic heterocycles. The lowest BCUT2D eigenvalue weighted by molar-refractivity contribution is 0.201. The molecular weight excluding hydrogens is 166 g/mol. The molecule has 1 aromatic heterocycles. The highest BCUT2D eigenvalue weighted by molar-refractivity contribution is 5.43. The number of nitrogens with zero attached hydrogens (tertiary/aromatic N) is 2. The molecule has 4 nitrogen and oxygen atoms in total. The molecule has 1 aromatic rings. The van der Waals surface area contributed by atoms with Crippen molar-refractivity contribution in [3.63, 3.8) is 0 Å². The maximum Gasteiger partial charge on any atom is 0.226 e. The molecule has 0 saturated heterocycles. The van der Waals surface area contributed by atoms with Crippen LogP contribution in [0.25, 0.3) is 0 Å². The molecule has 2 N–H and O–H groups in total. The summed E-state index contributed by atoms with van der Waals surface area (Å²) in [5, 5.41) is 4.01. The molecule has 0 radical (unpaired) electrons. The lowest BCUT2D eigenvalue weighted by Crippen LogP contribution is -2.21. The number of anilines is 1. The van der Waals surface area contributed by atoms with Gasteiger partial charge < -0.3 is 10.3 Å². The fraction of sp³-hybridized carbons (Fsp3) is 0.667. The highest BCUT2D eigenvalue weighted by atomic mass is 16.5. The summed E-state index contributed by atoms with van der Waals surface area (Å²) in [6.07, 6.45) is 0. The fourth-order valence-corrected chi connectivity index (χ4v) is 2.11. The van der Waals surface area contributed by atoms with Crippen LogP contribution in [0.3, 0.4) is 0 Å². The molecule has 4 heteroatoms. The first-order chi connectivity index (χ1) is 6.11. The van der Waals surface area contributed by atoms with Crippen molar-refractivity contribution in [2.24, 2.45) is 5.92 Å². The topological polar surface area (TPSA) is 55.3 Å². The smallest absolute Gasteiger partial charge is 0.226 e. The minimum Gasteiger partial charge on any atom is -0.367 e. The van der Waals surface area contributed by atoms with Gasteiger partial charge in [-0.25, -0.2) is 0 Å². The third kappa shape index (κ3) is 1.13. The molecular formula is C9H15N3O. The number of fused-ring (bicyclic) bond motifs is 1. The molecule has 1 unspecified atom stereocenters. The molecule has 0 aromatic carbocycles. The number of hydrogen-bond acceptors (Lipinski definition) is 4. The third-order valence-electron chi connectivity index (χ3n) is 2.64. The Bertz CT molecular complexity index is 319. The van der Waals surface area contributed by atoms with Crippen LogP contribution in [-0.4, -0.2) is 17.1 Å². The highest BCUT2D eigenvalue weighted by Crippen LogP contribution is 2.38. The second kappa shape index (κ2) is 2.73. The van der Waals surface area contributed by atoms with Crippen LogP contribution in [-0.2, 0) is 6.54 Å². The molecule has 2 rings (SSSR count). The maximum absolute atomic E-state index is 5.66. The largest absolute Gasteiger partial charge is 0.367 e. The third-order valence-corrected chi connectivity index (χ3v) is 2.64. The zero-order valence-corrected chi connectivity index (χ0v) is 8.24. The zero-order valence-electron chi connectivity index (χ0n) is 8.24. The number of rotatable bonds is 1. The molecule has 0 saturated carbocycles. The fourth-order valence-electron chi connectivity index (χ4n) is 2.11. The summed E-state index contributed by atoms with van der Waals surface area (Å²) in [7, 11) is 2.09. The summed E-state index contributed by atoms with van der Waals surface area (Å²) in [5.41, 5.74) is 7.75. The summed E-state index contributed by atoms with van der Waals surface area (Å²) < 4.78 is 4.97. The van der Waals surface area contributed by atoms with Gasteiger partial charge in [0.15, 0.2) is 0 Å². The van der Waals surface area contributed by atoms with E-state index < -0.39 is 0 Å². The van der Waals surface area contributed by atoms with E-state index in [1.807, 2.05) is 0 Å². The van der Waals surface area contributed by atoms with E-state index in [9.17, 15) is 0 Å². The Labute approximate surface area is 77.7 Å². The minimum atomic E-state index is 0.357. The van der Waals surface area contributed by atoms with Crippen molar-refractivity contribution < 1.29 is 4.52 Å². The molecule has 0 fully saturated rings. The van der Waals surface area contributed by atoms with Gasteiger partial charge in [-0.05, 0) is 13.0 Å². The summed E-state index contributed by atoms with van der Waals surface area (Å²) in [4.78, 5) is 2.26. The lowest BCUT2D eigenvalue weighted by atomic mass is 10.0. The second-order valence-electron chi connectivity index (χ2n) is 4.01. The summed E-state index contributed by atoms with van der Waals surface area (Å²) in [6, 6.07) is 0.357. The number of nitrogens with two attached hydrogens (primary N) is 1. The standard InChI is InChI=1S/C9H15N3O/c1-5(2)8-7-6(4-12(8)3)9(10)13-11-7/h5,8H,4,10H2,1-3H3. The Morgan fingerprint density at radius 3 is 2.92 bits per heavy atom. The first kappa shape index (κ1) is 8.56. The van der Waals surface area contributed by atoms with Crippen LogP contribution in [0.1, 0.15) is 31.1 Å². The van der Waals surface area contributed by atoms with Crippen LogP contribution >= 0.6 is 0 Å². The van der Waals surface area contributed by atoms with E-state index in [4.69, 9.17) is 10.3 Å². The predicted octanol–water partition coefficient (Wildman–Crippen LogP) is 1.40. The van der Waals surface area contributed by atoms with Crippen molar-refractivity contribution in [3.8, 4) is 0 Å². The first-order valence-corrected chi connectivity index (χ1v) is 4.55. The Hall–Kier alpha value is -1.03. The summed E-state index contributed by atoms with van der Waals surface area (Å²) in [6.45, 7) is 5.22. The van der Waals surface area contributed by atoms with Gasteiger partial charge in [-0.2, -0.15) is 0 Å². The van der Waals surface area contributed by atoms with E-state index in [2.05, 4.69) is 31.0 Å². The molecule has 2 heterocycles. The Balaban J connectivity index is 2.41. The zero-order chi connectivity index (χ0) is 9.59. The minimum absolute atomic E-state index is 0.357. The van der Waals surface area contributed by atoms with E-state index in [0.29, 0.717) is 17.8 Å². The van der Waals surface area contributed by atoms with Crippen LogP contribution in [0.4, 0.5) is 5.88 Å². The van der Waals surface area contributed by atoms with Crippen LogP contribution in [0.5, 0.6) is 0 Å². The Morgan fingerprint density at radius 2 is 2.31 bits per heavy atom. The van der Waals surface area contributed by atoms with Crippen LogP contribution < -0.4 is 5.73 Å². The van der Waals surface area contributed by atoms with Crippen LogP contribution in [0.2, 0.25) is 0 Å². The second-order valence-corrected chi connectivity index (χ2v) is 4.01. The van der Waals surface area contributed by atoms with Gasteiger partial charge in [-0.15, -0.1) is 0 Å². The lowest BCUT2D eigenvalue weighted by Gasteiger charge is -2.22. The highest BCUT2D eigenvalue weighted by Gasteiger charge is 2.35. The molecule has 72 valence electrons. The number of nitrogen functional groups attached to an aromatic ring is 1. The van der Waals surface area contributed by atoms with Crippen molar-refractivity contribution in [2.75, 3.05) is 12.8 Å². The van der Waals surface area contributed by atoms with Gasteiger partial charge in [-0.3, -0.25) is 4.90 Å². The first-order valence-electron chi connectivity index (χ1n) is 4.55. The SMILES string of the molecule is CC(C)C1c2noc(N)c2CN1C. The quantitative estimate of drug-likeness (QED) is 0.711. The van der Waals surface area contributed by atoms with E-state index in [0.717, 1.165) is 17.8 Å². The molecule has 1 aliphatic rings. The molecule has 0 bridgehead atoms. The van der Waals surface area contributed by atoms with Gasteiger partial charge in [0.1, 0.15) is 5.69 Å². The van der Waals surface area contributed by atoms with E-state index >= 15 is 0 Å². The van der Waals surface area contributed by atoms with Gasteiger partial charge in [0.05, 0.1) is 11.6 Å². The molecule has 0 spiro atoms. The van der Waals surface area contributed by atoms with Gasteiger partial charge in [0.2, 0.25) is 5.88 Å². The normalized spacial score (nSPS) is 22.6. The Morgan fingerprint density at radius 1 is 1.62 bits per heavy atom. The van der Waals surface area contributed by atoms with Gasteiger partial charge in [0, 0.05) is 6.54 Å². The monoisotopic (exact) mass is 181 g/mol. The van der Waals surface area contributed by atoms with Gasteiger partial charge >= 0.3 is 0 Å². The molecule has 13 heavy (non-hydrogen) atoms. The maximum atomic E-state index is 5.66. The number of hydrogen-bond donors (Lipinski definition) is 1.